The number of rotatable bonds is 1. The van der Waals surface area contributed by atoms with Crippen LogP contribution in [0.15, 0.2) is 28.8 Å². The molecule has 0 saturated heterocycles. The van der Waals surface area contributed by atoms with Gasteiger partial charge in [-0.2, -0.15) is 4.39 Å². The number of pyridine rings is 1. The van der Waals surface area contributed by atoms with E-state index in [0.717, 1.165) is 0 Å². The maximum absolute atomic E-state index is 12.6. The third kappa shape index (κ3) is 1.51. The number of hydrogen-bond donors (Lipinski definition) is 0. The van der Waals surface area contributed by atoms with Gasteiger partial charge in [-0.25, -0.2) is 0 Å². The Bertz CT molecular complexity index is 447. The Balaban J connectivity index is 2.61. The average Bonchev–Trinajstić information content (AvgIpc) is 2.51. The second-order valence-electron chi connectivity index (χ2n) is 2.86. The topological polar surface area (TPSA) is 26.0 Å². The first kappa shape index (κ1) is 9.21. The molecule has 2 aromatic rings. The highest BCUT2D eigenvalue weighted by Gasteiger charge is 2.11. The summed E-state index contributed by atoms with van der Waals surface area (Å²) in [5.74, 6) is 0.401. The first-order valence-electron chi connectivity index (χ1n) is 4.05. The molecule has 0 spiro atoms. The SMILES string of the molecule is Cc1nccc(Cl)c1-c1ccc(F)o1. The van der Waals surface area contributed by atoms with Gasteiger partial charge in [-0.1, -0.05) is 11.6 Å². The zero-order valence-corrected chi connectivity index (χ0v) is 8.18. The van der Waals surface area contributed by atoms with Gasteiger partial charge in [0, 0.05) is 18.0 Å². The summed E-state index contributed by atoms with van der Waals surface area (Å²) in [6.07, 6.45) is 1.60. The van der Waals surface area contributed by atoms with E-state index in [1.807, 2.05) is 0 Å². The fourth-order valence-electron chi connectivity index (χ4n) is 1.28. The van der Waals surface area contributed by atoms with Crippen LogP contribution >= 0.6 is 11.6 Å². The minimum atomic E-state index is -0.626. The fourth-order valence-corrected chi connectivity index (χ4v) is 1.57. The van der Waals surface area contributed by atoms with Crippen LogP contribution in [0.3, 0.4) is 0 Å². The van der Waals surface area contributed by atoms with Crippen molar-refractivity contribution in [1.82, 2.24) is 4.98 Å². The minimum absolute atomic E-state index is 0.401. The Morgan fingerprint density at radius 3 is 2.71 bits per heavy atom. The molecule has 72 valence electrons. The molecule has 0 amide bonds. The molecule has 0 atom stereocenters. The van der Waals surface area contributed by atoms with Crippen LogP contribution in [0.25, 0.3) is 11.3 Å². The van der Waals surface area contributed by atoms with E-state index in [1.165, 1.54) is 12.1 Å². The summed E-state index contributed by atoms with van der Waals surface area (Å²) in [5, 5.41) is 0.506. The van der Waals surface area contributed by atoms with Gasteiger partial charge in [0.25, 0.3) is 6.01 Å². The van der Waals surface area contributed by atoms with Gasteiger partial charge in [0.05, 0.1) is 10.6 Å². The summed E-state index contributed by atoms with van der Waals surface area (Å²) in [4.78, 5) is 4.06. The van der Waals surface area contributed by atoms with Crippen molar-refractivity contribution in [1.29, 1.82) is 0 Å². The zero-order chi connectivity index (χ0) is 10.1. The van der Waals surface area contributed by atoms with Crippen molar-refractivity contribution in [2.75, 3.05) is 0 Å². The van der Waals surface area contributed by atoms with Crippen LogP contribution in [-0.2, 0) is 0 Å². The van der Waals surface area contributed by atoms with Crippen LogP contribution in [0.1, 0.15) is 5.69 Å². The van der Waals surface area contributed by atoms with E-state index < -0.39 is 6.01 Å². The molecule has 0 fully saturated rings. The maximum atomic E-state index is 12.6. The van der Waals surface area contributed by atoms with E-state index in [1.54, 1.807) is 19.2 Å². The monoisotopic (exact) mass is 211 g/mol. The van der Waals surface area contributed by atoms with Crippen LogP contribution in [0, 0.1) is 12.9 Å². The van der Waals surface area contributed by atoms with Gasteiger partial charge in [0.2, 0.25) is 0 Å². The number of aromatic nitrogens is 1. The fraction of sp³-hybridized carbons (Fsp3) is 0.100. The lowest BCUT2D eigenvalue weighted by atomic mass is 10.1. The molecule has 0 aliphatic carbocycles. The molecule has 2 aromatic heterocycles. The smallest absolute Gasteiger partial charge is 0.278 e. The zero-order valence-electron chi connectivity index (χ0n) is 7.42. The third-order valence-corrected chi connectivity index (χ3v) is 2.22. The molecule has 0 unspecified atom stereocenters. The Kier molecular flexibility index (Phi) is 2.25. The van der Waals surface area contributed by atoms with Gasteiger partial charge in [-0.05, 0) is 19.1 Å². The predicted molar refractivity (Wildman–Crippen MR) is 51.6 cm³/mol. The Labute approximate surface area is 85.3 Å². The quantitative estimate of drug-likeness (QED) is 0.722. The first-order valence-corrected chi connectivity index (χ1v) is 4.43. The molecule has 0 bridgehead atoms. The number of aryl methyl sites for hydroxylation is 1. The summed E-state index contributed by atoms with van der Waals surface area (Å²) in [6.45, 7) is 1.79. The van der Waals surface area contributed by atoms with Crippen molar-refractivity contribution in [2.45, 2.75) is 6.92 Å². The lowest BCUT2D eigenvalue weighted by Crippen LogP contribution is -1.86. The lowest BCUT2D eigenvalue weighted by molar-refractivity contribution is 0.367. The minimum Gasteiger partial charge on any atom is -0.431 e. The van der Waals surface area contributed by atoms with Crippen LogP contribution in [0.4, 0.5) is 4.39 Å². The summed E-state index contributed by atoms with van der Waals surface area (Å²) >= 11 is 5.95. The summed E-state index contributed by atoms with van der Waals surface area (Å²) in [5.41, 5.74) is 1.35. The second-order valence-corrected chi connectivity index (χ2v) is 3.26. The number of hydrogen-bond acceptors (Lipinski definition) is 2. The molecule has 0 N–H and O–H groups in total. The van der Waals surface area contributed by atoms with Gasteiger partial charge in [-0.3, -0.25) is 4.98 Å². The second kappa shape index (κ2) is 3.42. The highest BCUT2D eigenvalue weighted by atomic mass is 35.5. The molecular formula is C10H7ClFNO. The summed E-state index contributed by atoms with van der Waals surface area (Å²) < 4.78 is 17.5. The number of halogens is 2. The van der Waals surface area contributed by atoms with Crippen LogP contribution < -0.4 is 0 Å². The highest BCUT2D eigenvalue weighted by Crippen LogP contribution is 2.30. The van der Waals surface area contributed by atoms with Crippen molar-refractivity contribution in [3.8, 4) is 11.3 Å². The number of furan rings is 1. The predicted octanol–water partition coefficient (Wildman–Crippen LogP) is 3.44. The number of nitrogens with zero attached hydrogens (tertiary/aromatic N) is 1. The van der Waals surface area contributed by atoms with E-state index in [2.05, 4.69) is 4.98 Å². The molecule has 0 aromatic carbocycles. The molecule has 0 aliphatic heterocycles. The van der Waals surface area contributed by atoms with E-state index in [4.69, 9.17) is 16.0 Å². The first-order chi connectivity index (χ1) is 6.68. The standard InChI is InChI=1S/C10H7ClFNO/c1-6-10(7(11)4-5-13-6)8-2-3-9(12)14-8/h2-5H,1H3. The molecule has 4 heteroatoms. The highest BCUT2D eigenvalue weighted by molar-refractivity contribution is 6.33. The van der Waals surface area contributed by atoms with Gasteiger partial charge in [-0.15, -0.1) is 0 Å². The average molecular weight is 212 g/mol. The van der Waals surface area contributed by atoms with E-state index in [0.29, 0.717) is 22.0 Å². The Hall–Kier alpha value is -1.35. The van der Waals surface area contributed by atoms with Crippen LogP contribution in [-0.4, -0.2) is 4.98 Å². The molecule has 2 heterocycles. The molecule has 0 saturated carbocycles. The molecule has 0 radical (unpaired) electrons. The van der Waals surface area contributed by atoms with Crippen molar-refractivity contribution in [2.24, 2.45) is 0 Å². The van der Waals surface area contributed by atoms with E-state index in [9.17, 15) is 4.39 Å². The lowest BCUT2D eigenvalue weighted by Gasteiger charge is -2.02. The van der Waals surface area contributed by atoms with Crippen LogP contribution in [0.5, 0.6) is 0 Å². The van der Waals surface area contributed by atoms with E-state index in [-0.39, 0.29) is 0 Å². The van der Waals surface area contributed by atoms with Crippen molar-refractivity contribution < 1.29 is 8.81 Å². The molecule has 14 heavy (non-hydrogen) atoms. The molecule has 2 rings (SSSR count). The van der Waals surface area contributed by atoms with Crippen molar-refractivity contribution in [3.63, 3.8) is 0 Å². The molecular weight excluding hydrogens is 205 g/mol. The van der Waals surface area contributed by atoms with Crippen molar-refractivity contribution in [3.05, 3.63) is 41.1 Å². The van der Waals surface area contributed by atoms with Crippen LogP contribution in [0.2, 0.25) is 5.02 Å². The van der Waals surface area contributed by atoms with Gasteiger partial charge in [0.15, 0.2) is 0 Å². The Morgan fingerprint density at radius 2 is 2.14 bits per heavy atom. The maximum Gasteiger partial charge on any atom is 0.278 e. The summed E-state index contributed by atoms with van der Waals surface area (Å²) in [7, 11) is 0. The van der Waals surface area contributed by atoms with Gasteiger partial charge < -0.3 is 4.42 Å². The van der Waals surface area contributed by atoms with Crippen molar-refractivity contribution >= 4 is 11.6 Å². The van der Waals surface area contributed by atoms with Gasteiger partial charge >= 0.3 is 0 Å². The normalized spacial score (nSPS) is 10.5. The van der Waals surface area contributed by atoms with E-state index >= 15 is 0 Å². The van der Waals surface area contributed by atoms with Gasteiger partial charge in [0.1, 0.15) is 5.76 Å². The summed E-state index contributed by atoms with van der Waals surface area (Å²) in [6, 6.07) is 3.80. The largest absolute Gasteiger partial charge is 0.431 e. The molecule has 2 nitrogen and oxygen atoms in total. The molecule has 0 aliphatic rings. The third-order valence-electron chi connectivity index (χ3n) is 1.91. The Morgan fingerprint density at radius 1 is 1.36 bits per heavy atom.